The Hall–Kier alpha value is 1.68. The molecule has 1 rings (SSSR count). The minimum Gasteiger partial charge on any atom is -0.691 e. The fourth-order valence-corrected chi connectivity index (χ4v) is 7.99. The van der Waals surface area contributed by atoms with E-state index >= 15 is 0 Å². The van der Waals surface area contributed by atoms with Crippen LogP contribution in [0.5, 0.6) is 0 Å². The monoisotopic (exact) mass is 678 g/mol. The SMILES string of the molecule is CCC(C)COC1OC(CSOO[O-])C(O[Si](C)(C)C(C)(C)C)C(O[Si](C)(C)C(C)(C)C)C1O[Si](C)(C)C(C)(C)C.[Na+]. The summed E-state index contributed by atoms with van der Waals surface area (Å²) < 4.78 is 39.7. The van der Waals surface area contributed by atoms with E-state index in [4.69, 9.17) is 27.1 Å². The molecule has 0 bridgehead atoms. The van der Waals surface area contributed by atoms with E-state index in [1.807, 2.05) is 0 Å². The van der Waals surface area contributed by atoms with Gasteiger partial charge in [-0.15, -0.1) is 0 Å². The van der Waals surface area contributed by atoms with Crippen LogP contribution < -0.4 is 34.8 Å². The quantitative estimate of drug-likeness (QED) is 0.0844. The zero-order chi connectivity index (χ0) is 32.2. The van der Waals surface area contributed by atoms with Gasteiger partial charge in [0, 0.05) is 12.0 Å². The van der Waals surface area contributed by atoms with Gasteiger partial charge in [0.1, 0.15) is 12.2 Å². The molecule has 8 nitrogen and oxygen atoms in total. The van der Waals surface area contributed by atoms with E-state index in [2.05, 4.69) is 120 Å². The third-order valence-electron chi connectivity index (χ3n) is 9.85. The summed E-state index contributed by atoms with van der Waals surface area (Å²) in [4.78, 5) is 0. The van der Waals surface area contributed by atoms with Crippen molar-refractivity contribution in [2.75, 3.05) is 12.4 Å². The molecule has 1 saturated heterocycles. The van der Waals surface area contributed by atoms with Gasteiger partial charge in [0.2, 0.25) is 0 Å². The van der Waals surface area contributed by atoms with Crippen molar-refractivity contribution in [2.45, 2.75) is 168 Å². The van der Waals surface area contributed by atoms with E-state index in [1.54, 1.807) is 0 Å². The molecule has 0 aromatic rings. The molecule has 0 aromatic heterocycles. The molecule has 0 radical (unpaired) electrons. The average Bonchev–Trinajstić information content (AvgIpc) is 2.78. The third-order valence-corrected chi connectivity index (χ3v) is 23.9. The van der Waals surface area contributed by atoms with Crippen LogP contribution in [-0.2, 0) is 32.1 Å². The van der Waals surface area contributed by atoms with Gasteiger partial charge in [-0.2, -0.15) is 4.33 Å². The number of hydrogen-bond acceptors (Lipinski definition) is 9. The van der Waals surface area contributed by atoms with Crippen molar-refractivity contribution in [3.05, 3.63) is 0 Å². The first-order chi connectivity index (χ1) is 18.3. The predicted molar refractivity (Wildman–Crippen MR) is 175 cm³/mol. The minimum absolute atomic E-state index is 0. The van der Waals surface area contributed by atoms with E-state index in [0.717, 1.165) is 18.5 Å². The topological polar surface area (TPSA) is 87.7 Å². The van der Waals surface area contributed by atoms with Crippen LogP contribution in [-0.4, -0.2) is 68.0 Å². The second-order valence-corrected chi connectivity index (χ2v) is 31.3. The Labute approximate surface area is 288 Å². The fourth-order valence-electron chi connectivity index (χ4n) is 3.59. The molecule has 1 heterocycles. The Morgan fingerprint density at radius 1 is 0.738 bits per heavy atom. The van der Waals surface area contributed by atoms with Crippen molar-refractivity contribution in [1.29, 1.82) is 0 Å². The molecule has 0 spiro atoms. The van der Waals surface area contributed by atoms with Gasteiger partial charge < -0.3 is 28.0 Å². The van der Waals surface area contributed by atoms with E-state index in [0.29, 0.717) is 18.3 Å². The van der Waals surface area contributed by atoms with Gasteiger partial charge in [0.15, 0.2) is 31.2 Å². The molecule has 246 valence electrons. The van der Waals surface area contributed by atoms with E-state index in [-0.39, 0.29) is 44.7 Å². The van der Waals surface area contributed by atoms with Crippen LogP contribution in [0.25, 0.3) is 0 Å². The van der Waals surface area contributed by atoms with Crippen molar-refractivity contribution in [3.63, 3.8) is 0 Å². The fraction of sp³-hybridized carbons (Fsp3) is 1.00. The summed E-state index contributed by atoms with van der Waals surface area (Å²) in [6.45, 7) is 38.6. The summed E-state index contributed by atoms with van der Waals surface area (Å²) in [5.74, 6) is 0.674. The number of hydrogen-bond donors (Lipinski definition) is 0. The molecular weight excluding hydrogens is 616 g/mol. The molecule has 0 amide bonds. The standard InChI is InChI=1S/C29H64O8SSi3.Na/c1-18-21(2)19-31-26-25(35-41(16,17)29(9,10)11)24(34-40(14,15)28(6,7)8)23(22(32-26)20-38-37-36-30)33-39(12,13)27(3,4)5;/h21-26,30H,18-20H2,1-17H3;/q;+1/p-1. The van der Waals surface area contributed by atoms with Crippen molar-refractivity contribution in [2.24, 2.45) is 5.92 Å². The number of rotatable bonds is 14. The molecule has 13 heteroatoms. The summed E-state index contributed by atoms with van der Waals surface area (Å²) in [5.41, 5.74) is 0. The average molecular weight is 679 g/mol. The molecule has 0 saturated carbocycles. The maximum absolute atomic E-state index is 10.7. The van der Waals surface area contributed by atoms with Crippen molar-refractivity contribution in [1.82, 2.24) is 0 Å². The van der Waals surface area contributed by atoms with E-state index in [9.17, 15) is 5.26 Å². The Morgan fingerprint density at radius 3 is 1.52 bits per heavy atom. The second kappa shape index (κ2) is 16.7. The van der Waals surface area contributed by atoms with Crippen LogP contribution >= 0.6 is 12.0 Å². The predicted octanol–water partition coefficient (Wildman–Crippen LogP) is 4.82. The zero-order valence-electron chi connectivity index (χ0n) is 30.3. The van der Waals surface area contributed by atoms with Crippen LogP contribution in [0.4, 0.5) is 0 Å². The first kappa shape index (κ1) is 43.7. The molecule has 6 unspecified atom stereocenters. The van der Waals surface area contributed by atoms with Gasteiger partial charge in [0.25, 0.3) is 0 Å². The molecule has 1 fully saturated rings. The normalized spacial score (nSPS) is 25.7. The molecule has 1 aliphatic rings. The van der Waals surface area contributed by atoms with Gasteiger partial charge in [-0.25, -0.2) is 0 Å². The van der Waals surface area contributed by atoms with Crippen LogP contribution in [0.15, 0.2) is 0 Å². The van der Waals surface area contributed by atoms with Gasteiger partial charge in [-0.05, 0) is 60.3 Å². The zero-order valence-corrected chi connectivity index (χ0v) is 36.1. The van der Waals surface area contributed by atoms with Crippen molar-refractivity contribution in [3.8, 4) is 0 Å². The van der Waals surface area contributed by atoms with Crippen LogP contribution in [0.1, 0.15) is 82.6 Å². The third kappa shape index (κ3) is 12.0. The van der Waals surface area contributed by atoms with Crippen LogP contribution in [0, 0.1) is 5.92 Å². The van der Waals surface area contributed by atoms with Gasteiger partial charge in [-0.1, -0.05) is 82.6 Å². The maximum Gasteiger partial charge on any atom is 1.00 e. The Kier molecular flexibility index (Phi) is 17.3. The van der Waals surface area contributed by atoms with Gasteiger partial charge in [0.05, 0.1) is 24.6 Å². The molecular formula is C29H63NaO8SSi3. The van der Waals surface area contributed by atoms with Gasteiger partial charge >= 0.3 is 29.6 Å². The van der Waals surface area contributed by atoms with E-state index in [1.165, 1.54) is 0 Å². The largest absolute Gasteiger partial charge is 1.00 e. The maximum atomic E-state index is 10.7. The summed E-state index contributed by atoms with van der Waals surface area (Å²) in [6.07, 6.45) is -1.51. The van der Waals surface area contributed by atoms with Gasteiger partial charge in [-0.3, -0.25) is 5.04 Å². The summed E-state index contributed by atoms with van der Waals surface area (Å²) in [6, 6.07) is 0. The Bertz CT molecular complexity index is 799. The second-order valence-electron chi connectivity index (χ2n) is 16.3. The van der Waals surface area contributed by atoms with E-state index < -0.39 is 55.7 Å². The van der Waals surface area contributed by atoms with Crippen molar-refractivity contribution >= 4 is 37.0 Å². The Morgan fingerprint density at radius 2 is 1.14 bits per heavy atom. The van der Waals surface area contributed by atoms with Crippen LogP contribution in [0.3, 0.4) is 0 Å². The van der Waals surface area contributed by atoms with Crippen molar-refractivity contribution < 1.29 is 66.9 Å². The summed E-state index contributed by atoms with van der Waals surface area (Å²) >= 11 is 0.916. The Balaban J connectivity index is 0.0000168. The molecule has 6 atom stereocenters. The molecule has 0 aromatic carbocycles. The summed E-state index contributed by atoms with van der Waals surface area (Å²) in [7, 11) is -6.93. The first-order valence-corrected chi connectivity index (χ1v) is 24.8. The number of ether oxygens (including phenoxy) is 2. The molecule has 42 heavy (non-hydrogen) atoms. The van der Waals surface area contributed by atoms with Crippen LogP contribution in [0.2, 0.25) is 54.4 Å². The minimum atomic E-state index is -2.32. The smallest absolute Gasteiger partial charge is 0.691 e. The first-order valence-electron chi connectivity index (χ1n) is 15.2. The molecule has 0 aliphatic carbocycles. The molecule has 1 aliphatic heterocycles. The summed E-state index contributed by atoms with van der Waals surface area (Å²) in [5, 5.41) is 14.2. The molecule has 0 N–H and O–H groups in total.